The molecular formula is C31H30F3N3O4. The maximum absolute atomic E-state index is 14.4. The van der Waals surface area contributed by atoms with E-state index in [9.17, 15) is 27.6 Å². The van der Waals surface area contributed by atoms with Crippen LogP contribution in [0.4, 0.5) is 13.2 Å². The lowest BCUT2D eigenvalue weighted by Gasteiger charge is -2.39. The van der Waals surface area contributed by atoms with Crippen LogP contribution in [0.25, 0.3) is 0 Å². The van der Waals surface area contributed by atoms with E-state index < -0.39 is 40.7 Å². The first kappa shape index (κ1) is 28.3. The minimum Gasteiger partial charge on any atom is -0.464 e. The molecule has 2 aliphatic heterocycles. The van der Waals surface area contributed by atoms with Crippen molar-refractivity contribution < 1.29 is 32.3 Å². The number of halogens is 3. The Hall–Kier alpha value is -4.21. The van der Waals surface area contributed by atoms with Gasteiger partial charge in [-0.3, -0.25) is 9.59 Å². The molecule has 1 spiro atoms. The van der Waals surface area contributed by atoms with Gasteiger partial charge >= 0.3 is 5.97 Å². The van der Waals surface area contributed by atoms with Crippen LogP contribution in [0.2, 0.25) is 0 Å². The average Bonchev–Trinajstić information content (AvgIpc) is 3.32. The molecule has 0 aliphatic carbocycles. The number of piperidine rings is 1. The summed E-state index contributed by atoms with van der Waals surface area (Å²) in [6.45, 7) is 2.77. The first-order valence-corrected chi connectivity index (χ1v) is 13.6. The minimum absolute atomic E-state index is 0.119. The Kier molecular flexibility index (Phi) is 8.10. The van der Waals surface area contributed by atoms with Crippen molar-refractivity contribution in [3.63, 3.8) is 0 Å². The fourth-order valence-electron chi connectivity index (χ4n) is 5.85. The monoisotopic (exact) mass is 565 g/mol. The third-order valence-electron chi connectivity index (χ3n) is 7.92. The summed E-state index contributed by atoms with van der Waals surface area (Å²) in [6.07, 6.45) is 2.62. The lowest BCUT2D eigenvalue weighted by atomic mass is 9.76. The van der Waals surface area contributed by atoms with E-state index in [2.05, 4.69) is 4.98 Å². The molecule has 1 unspecified atom stereocenters. The van der Waals surface area contributed by atoms with Crippen LogP contribution in [0, 0.1) is 22.9 Å². The topological polar surface area (TPSA) is 79.8 Å². The fourth-order valence-corrected chi connectivity index (χ4v) is 5.85. The number of benzene rings is 2. The number of hydrogen-bond acceptors (Lipinski definition) is 5. The highest BCUT2D eigenvalue weighted by molar-refractivity contribution is 5.96. The number of rotatable bonds is 6. The molecule has 41 heavy (non-hydrogen) atoms. The van der Waals surface area contributed by atoms with E-state index in [4.69, 9.17) is 4.74 Å². The Labute approximate surface area is 235 Å². The molecule has 214 valence electrons. The van der Waals surface area contributed by atoms with E-state index in [1.54, 1.807) is 30.0 Å². The van der Waals surface area contributed by atoms with Crippen LogP contribution >= 0.6 is 0 Å². The molecule has 2 aliphatic rings. The lowest BCUT2D eigenvalue weighted by Crippen LogP contribution is -2.45. The molecule has 5 rings (SSSR count). The molecule has 7 nitrogen and oxygen atoms in total. The zero-order valence-electron chi connectivity index (χ0n) is 22.6. The largest absolute Gasteiger partial charge is 0.464 e. The van der Waals surface area contributed by atoms with Crippen molar-refractivity contribution in [3.8, 4) is 0 Å². The number of esters is 1. The van der Waals surface area contributed by atoms with Gasteiger partial charge in [-0.25, -0.2) is 22.9 Å². The maximum atomic E-state index is 14.4. The van der Waals surface area contributed by atoms with Crippen LogP contribution in [0.15, 0.2) is 60.8 Å². The summed E-state index contributed by atoms with van der Waals surface area (Å²) in [5, 5.41) is 0. The Morgan fingerprint density at radius 1 is 0.951 bits per heavy atom. The number of ether oxygens (including phenoxy) is 1. The number of nitrogens with zero attached hydrogens (tertiary/aromatic N) is 3. The number of hydrogen-bond donors (Lipinski definition) is 0. The summed E-state index contributed by atoms with van der Waals surface area (Å²) in [6, 6.07) is 13.3. The molecule has 1 aromatic heterocycles. The van der Waals surface area contributed by atoms with Gasteiger partial charge < -0.3 is 14.5 Å². The second kappa shape index (κ2) is 11.7. The summed E-state index contributed by atoms with van der Waals surface area (Å²) in [4.78, 5) is 46.1. The van der Waals surface area contributed by atoms with E-state index in [1.807, 2.05) is 18.2 Å². The first-order chi connectivity index (χ1) is 19.7. The highest BCUT2D eigenvalue weighted by atomic mass is 19.1. The molecule has 2 saturated heterocycles. The van der Waals surface area contributed by atoms with Crippen LogP contribution in [0.1, 0.15) is 58.2 Å². The molecule has 10 heteroatoms. The maximum Gasteiger partial charge on any atom is 0.328 e. The number of aromatic nitrogens is 1. The standard InChI is InChI=1S/C31H30F3N3O4/c1-2-41-30(40)26-17-31(19-37(26)29(39)27-25(34)16-24(33)18-35-27)9-11-36(12-10-31)28(38)22-7-3-5-20(14-22)13-21-6-4-8-23(32)15-21/h3-8,14-16,18,26H,2,9-13,17,19H2,1H3. The van der Waals surface area contributed by atoms with E-state index in [1.165, 1.54) is 17.0 Å². The number of amides is 2. The van der Waals surface area contributed by atoms with Crippen molar-refractivity contribution in [2.24, 2.45) is 5.41 Å². The second-order valence-electron chi connectivity index (χ2n) is 10.7. The van der Waals surface area contributed by atoms with Gasteiger partial charge in [0.15, 0.2) is 11.5 Å². The zero-order valence-corrected chi connectivity index (χ0v) is 22.6. The van der Waals surface area contributed by atoms with E-state index >= 15 is 0 Å². The summed E-state index contributed by atoms with van der Waals surface area (Å²) < 4.78 is 46.6. The molecule has 0 saturated carbocycles. The van der Waals surface area contributed by atoms with Crippen molar-refractivity contribution in [3.05, 3.63) is 101 Å². The van der Waals surface area contributed by atoms with Crippen molar-refractivity contribution >= 4 is 17.8 Å². The van der Waals surface area contributed by atoms with Gasteiger partial charge in [-0.1, -0.05) is 24.3 Å². The molecule has 2 aromatic carbocycles. The number of pyridine rings is 1. The van der Waals surface area contributed by atoms with Crippen LogP contribution in [-0.4, -0.2) is 64.9 Å². The number of carbonyl (C=O) groups is 3. The Bertz CT molecular complexity index is 1470. The smallest absolute Gasteiger partial charge is 0.328 e. The van der Waals surface area contributed by atoms with Gasteiger partial charge in [-0.15, -0.1) is 0 Å². The van der Waals surface area contributed by atoms with Gasteiger partial charge in [0.1, 0.15) is 17.7 Å². The lowest BCUT2D eigenvalue weighted by molar-refractivity contribution is -0.147. The summed E-state index contributed by atoms with van der Waals surface area (Å²) in [7, 11) is 0. The molecule has 3 heterocycles. The predicted octanol–water partition coefficient (Wildman–Crippen LogP) is 4.79. The minimum atomic E-state index is -1.10. The molecular weight excluding hydrogens is 535 g/mol. The SMILES string of the molecule is CCOC(=O)C1CC2(CCN(C(=O)c3cccc(Cc4cccc(F)c4)c3)CC2)CN1C(=O)c1ncc(F)cc1F. The van der Waals surface area contributed by atoms with Gasteiger partial charge in [0.25, 0.3) is 11.8 Å². The first-order valence-electron chi connectivity index (χ1n) is 13.6. The molecule has 0 N–H and O–H groups in total. The molecule has 0 bridgehead atoms. The third kappa shape index (κ3) is 6.11. The van der Waals surface area contributed by atoms with Crippen LogP contribution in [0.3, 0.4) is 0 Å². The van der Waals surface area contributed by atoms with Crippen molar-refractivity contribution in [1.82, 2.24) is 14.8 Å². The predicted molar refractivity (Wildman–Crippen MR) is 143 cm³/mol. The van der Waals surface area contributed by atoms with Gasteiger partial charge in [-0.05, 0) is 73.4 Å². The van der Waals surface area contributed by atoms with E-state index in [-0.39, 0.29) is 24.9 Å². The summed E-state index contributed by atoms with van der Waals surface area (Å²) >= 11 is 0. The Morgan fingerprint density at radius 3 is 2.34 bits per heavy atom. The van der Waals surface area contributed by atoms with Crippen LogP contribution in [0.5, 0.6) is 0 Å². The second-order valence-corrected chi connectivity index (χ2v) is 10.7. The fraction of sp³-hybridized carbons (Fsp3) is 0.355. The summed E-state index contributed by atoms with van der Waals surface area (Å²) in [5.74, 6) is -3.84. The molecule has 3 aromatic rings. The highest BCUT2D eigenvalue weighted by Gasteiger charge is 2.51. The Balaban J connectivity index is 1.29. The van der Waals surface area contributed by atoms with Crippen molar-refractivity contribution in [2.45, 2.75) is 38.6 Å². The molecule has 2 amide bonds. The Morgan fingerprint density at radius 2 is 1.66 bits per heavy atom. The third-order valence-corrected chi connectivity index (χ3v) is 7.92. The van der Waals surface area contributed by atoms with Gasteiger partial charge in [0, 0.05) is 31.3 Å². The van der Waals surface area contributed by atoms with E-state index in [0.717, 1.165) is 17.3 Å². The normalized spacial score (nSPS) is 18.0. The van der Waals surface area contributed by atoms with Gasteiger partial charge in [0.2, 0.25) is 0 Å². The van der Waals surface area contributed by atoms with Crippen LogP contribution in [-0.2, 0) is 16.0 Å². The van der Waals surface area contributed by atoms with Crippen LogP contribution < -0.4 is 0 Å². The molecule has 0 radical (unpaired) electrons. The molecule has 2 fully saturated rings. The van der Waals surface area contributed by atoms with Crippen molar-refractivity contribution in [2.75, 3.05) is 26.2 Å². The summed E-state index contributed by atoms with van der Waals surface area (Å²) in [5.41, 5.74) is 1.20. The van der Waals surface area contributed by atoms with Crippen molar-refractivity contribution in [1.29, 1.82) is 0 Å². The highest BCUT2D eigenvalue weighted by Crippen LogP contribution is 2.44. The van der Waals surface area contributed by atoms with Gasteiger partial charge in [0.05, 0.1) is 12.8 Å². The molecule has 1 atom stereocenters. The number of likely N-dealkylation sites (tertiary alicyclic amines) is 2. The zero-order chi connectivity index (χ0) is 29.1. The van der Waals surface area contributed by atoms with E-state index in [0.29, 0.717) is 50.4 Å². The number of carbonyl (C=O) groups excluding carboxylic acids is 3. The average molecular weight is 566 g/mol. The van der Waals surface area contributed by atoms with Gasteiger partial charge in [-0.2, -0.15) is 0 Å². The quantitative estimate of drug-likeness (QED) is 0.402.